The lowest BCUT2D eigenvalue weighted by Crippen LogP contribution is -2.27. The first-order chi connectivity index (χ1) is 6.59. The van der Waals surface area contributed by atoms with Gasteiger partial charge in [-0.2, -0.15) is 0 Å². The van der Waals surface area contributed by atoms with Gasteiger partial charge in [0.25, 0.3) is 5.91 Å². The first kappa shape index (κ1) is 10.7. The van der Waals surface area contributed by atoms with Crippen molar-refractivity contribution in [3.05, 3.63) is 35.6 Å². The molecule has 1 N–H and O–H groups in total. The summed E-state index contributed by atoms with van der Waals surface area (Å²) >= 11 is 5.02. The molecule has 0 bridgehead atoms. The van der Waals surface area contributed by atoms with Gasteiger partial charge in [0.15, 0.2) is 0 Å². The van der Waals surface area contributed by atoms with Crippen LogP contribution in [-0.4, -0.2) is 17.7 Å². The summed E-state index contributed by atoms with van der Waals surface area (Å²) in [6.45, 7) is -0.238. The van der Waals surface area contributed by atoms with Gasteiger partial charge in [0.2, 0.25) is 5.24 Å². The van der Waals surface area contributed by atoms with E-state index in [0.717, 1.165) is 12.1 Å². The standard InChI is InChI=1S/C9H7ClFNO2/c10-8(13)5-12-9(14)6-1-3-7(11)4-2-6/h1-4H,5H2,(H,12,14). The zero-order valence-electron chi connectivity index (χ0n) is 7.09. The van der Waals surface area contributed by atoms with Crippen LogP contribution in [0, 0.1) is 5.82 Å². The Hall–Kier alpha value is -1.42. The normalized spacial score (nSPS) is 9.57. The molecule has 1 aromatic rings. The molecule has 0 radical (unpaired) electrons. The molecule has 0 spiro atoms. The van der Waals surface area contributed by atoms with Gasteiger partial charge in [-0.1, -0.05) is 0 Å². The molecule has 1 aromatic carbocycles. The maximum Gasteiger partial charge on any atom is 0.251 e. The van der Waals surface area contributed by atoms with Crippen LogP contribution >= 0.6 is 11.6 Å². The minimum absolute atomic E-state index is 0.238. The zero-order valence-corrected chi connectivity index (χ0v) is 7.84. The summed E-state index contributed by atoms with van der Waals surface area (Å²) in [4.78, 5) is 21.5. The van der Waals surface area contributed by atoms with Crippen LogP contribution in [0.3, 0.4) is 0 Å². The van der Waals surface area contributed by atoms with Crippen molar-refractivity contribution in [1.82, 2.24) is 5.32 Å². The Morgan fingerprint density at radius 1 is 1.29 bits per heavy atom. The quantitative estimate of drug-likeness (QED) is 0.773. The smallest absolute Gasteiger partial charge is 0.251 e. The van der Waals surface area contributed by atoms with Crippen LogP contribution in [0.1, 0.15) is 10.4 Å². The molecule has 0 atom stereocenters. The third-order valence-corrected chi connectivity index (χ3v) is 1.63. The predicted molar refractivity (Wildman–Crippen MR) is 49.6 cm³/mol. The van der Waals surface area contributed by atoms with Crippen molar-refractivity contribution in [1.29, 1.82) is 0 Å². The van der Waals surface area contributed by atoms with Crippen LogP contribution in [-0.2, 0) is 4.79 Å². The van der Waals surface area contributed by atoms with Crippen LogP contribution in [0.5, 0.6) is 0 Å². The molecule has 0 unspecified atom stereocenters. The maximum absolute atomic E-state index is 12.5. The highest BCUT2D eigenvalue weighted by atomic mass is 35.5. The van der Waals surface area contributed by atoms with E-state index in [1.54, 1.807) is 0 Å². The van der Waals surface area contributed by atoms with E-state index < -0.39 is 17.0 Å². The third-order valence-electron chi connectivity index (χ3n) is 1.49. The van der Waals surface area contributed by atoms with Crippen molar-refractivity contribution in [2.45, 2.75) is 0 Å². The fourth-order valence-electron chi connectivity index (χ4n) is 0.853. The minimum Gasteiger partial charge on any atom is -0.344 e. The van der Waals surface area contributed by atoms with E-state index in [9.17, 15) is 14.0 Å². The summed E-state index contributed by atoms with van der Waals surface area (Å²) < 4.78 is 12.5. The number of rotatable bonds is 3. The Labute approximate surface area is 84.9 Å². The number of nitrogens with one attached hydrogen (secondary N) is 1. The first-order valence-corrected chi connectivity index (χ1v) is 4.19. The number of hydrogen-bond acceptors (Lipinski definition) is 2. The average molecular weight is 216 g/mol. The highest BCUT2D eigenvalue weighted by Crippen LogP contribution is 2.02. The number of carbonyl (C=O) groups excluding carboxylic acids is 2. The lowest BCUT2D eigenvalue weighted by molar-refractivity contribution is -0.110. The van der Waals surface area contributed by atoms with E-state index in [0.29, 0.717) is 0 Å². The summed E-state index contributed by atoms with van der Waals surface area (Å²) in [5, 5.41) is 1.62. The van der Waals surface area contributed by atoms with Gasteiger partial charge < -0.3 is 5.32 Å². The number of halogens is 2. The minimum atomic E-state index is -0.652. The lowest BCUT2D eigenvalue weighted by Gasteiger charge is -2.01. The third kappa shape index (κ3) is 3.14. The van der Waals surface area contributed by atoms with Crippen molar-refractivity contribution in [2.75, 3.05) is 6.54 Å². The molecular weight excluding hydrogens is 209 g/mol. The maximum atomic E-state index is 12.5. The SMILES string of the molecule is O=C(Cl)CNC(=O)c1ccc(F)cc1. The van der Waals surface area contributed by atoms with Crippen molar-refractivity contribution < 1.29 is 14.0 Å². The topological polar surface area (TPSA) is 46.2 Å². The van der Waals surface area contributed by atoms with Crippen LogP contribution in [0.4, 0.5) is 4.39 Å². The summed E-state index contributed by atoms with van der Waals surface area (Å²) in [6, 6.07) is 4.97. The molecule has 1 rings (SSSR count). The van der Waals surface area contributed by atoms with Crippen LogP contribution < -0.4 is 5.32 Å². The summed E-state index contributed by atoms with van der Waals surface area (Å²) in [7, 11) is 0. The van der Waals surface area contributed by atoms with Gasteiger partial charge >= 0.3 is 0 Å². The molecule has 1 amide bonds. The van der Waals surface area contributed by atoms with Crippen molar-refractivity contribution in [3.63, 3.8) is 0 Å². The molecule has 14 heavy (non-hydrogen) atoms. The molecule has 0 fully saturated rings. The second-order valence-electron chi connectivity index (χ2n) is 2.54. The zero-order chi connectivity index (χ0) is 10.6. The molecule has 0 aromatic heterocycles. The second-order valence-corrected chi connectivity index (χ2v) is 2.97. The lowest BCUT2D eigenvalue weighted by atomic mass is 10.2. The summed E-state index contributed by atoms with van der Waals surface area (Å²) in [5.41, 5.74) is 0.282. The average Bonchev–Trinajstić information content (AvgIpc) is 2.15. The molecule has 0 aliphatic rings. The summed E-state index contributed by atoms with van der Waals surface area (Å²) in [5.74, 6) is -0.881. The fraction of sp³-hybridized carbons (Fsp3) is 0.111. The predicted octanol–water partition coefficient (Wildman–Crippen LogP) is 1.32. The van der Waals surface area contributed by atoms with E-state index in [1.165, 1.54) is 12.1 Å². The molecule has 0 heterocycles. The molecule has 0 aliphatic carbocycles. The van der Waals surface area contributed by atoms with Gasteiger partial charge in [0, 0.05) is 5.56 Å². The van der Waals surface area contributed by atoms with Gasteiger partial charge in [0.05, 0.1) is 6.54 Å². The van der Waals surface area contributed by atoms with Crippen LogP contribution in [0.25, 0.3) is 0 Å². The van der Waals surface area contributed by atoms with Crippen molar-refractivity contribution >= 4 is 22.8 Å². The van der Waals surface area contributed by atoms with E-state index in [4.69, 9.17) is 11.6 Å². The number of carbonyl (C=O) groups is 2. The van der Waals surface area contributed by atoms with E-state index in [2.05, 4.69) is 5.32 Å². The monoisotopic (exact) mass is 215 g/mol. The Kier molecular flexibility index (Phi) is 3.59. The Morgan fingerprint density at radius 2 is 1.86 bits per heavy atom. The van der Waals surface area contributed by atoms with E-state index in [-0.39, 0.29) is 12.1 Å². The van der Waals surface area contributed by atoms with Crippen LogP contribution in [0.15, 0.2) is 24.3 Å². The molecule has 0 saturated carbocycles. The fourth-order valence-corrected chi connectivity index (χ4v) is 0.920. The number of hydrogen-bond donors (Lipinski definition) is 1. The Bertz CT molecular complexity index is 350. The van der Waals surface area contributed by atoms with E-state index >= 15 is 0 Å². The molecular formula is C9H7ClFNO2. The first-order valence-electron chi connectivity index (χ1n) is 3.81. The highest BCUT2D eigenvalue weighted by molar-refractivity contribution is 6.64. The van der Waals surface area contributed by atoms with Crippen LogP contribution in [0.2, 0.25) is 0 Å². The highest BCUT2D eigenvalue weighted by Gasteiger charge is 2.05. The molecule has 0 saturated heterocycles. The van der Waals surface area contributed by atoms with E-state index in [1.807, 2.05) is 0 Å². The molecule has 3 nitrogen and oxygen atoms in total. The Balaban J connectivity index is 2.61. The number of benzene rings is 1. The second kappa shape index (κ2) is 4.72. The van der Waals surface area contributed by atoms with Crippen molar-refractivity contribution in [2.24, 2.45) is 0 Å². The van der Waals surface area contributed by atoms with Gasteiger partial charge in [-0.05, 0) is 35.9 Å². The summed E-state index contributed by atoms with van der Waals surface area (Å²) in [6.07, 6.45) is 0. The molecule has 74 valence electrons. The number of amides is 1. The van der Waals surface area contributed by atoms with Gasteiger partial charge in [0.1, 0.15) is 5.82 Å². The Morgan fingerprint density at radius 3 is 2.36 bits per heavy atom. The van der Waals surface area contributed by atoms with Gasteiger partial charge in [-0.3, -0.25) is 9.59 Å². The molecule has 0 aliphatic heterocycles. The van der Waals surface area contributed by atoms with Gasteiger partial charge in [-0.25, -0.2) is 4.39 Å². The van der Waals surface area contributed by atoms with Gasteiger partial charge in [-0.15, -0.1) is 0 Å². The largest absolute Gasteiger partial charge is 0.344 e. The van der Waals surface area contributed by atoms with Crippen molar-refractivity contribution in [3.8, 4) is 0 Å². The molecule has 5 heteroatoms.